The Kier molecular flexibility index (Phi) is 7.87. The van der Waals surface area contributed by atoms with Crippen LogP contribution in [0.1, 0.15) is 20.8 Å². The predicted molar refractivity (Wildman–Crippen MR) is 56.8 cm³/mol. The number of hydrogen-bond acceptors (Lipinski definition) is 0. The summed E-state index contributed by atoms with van der Waals surface area (Å²) in [7, 11) is 0.206. The van der Waals surface area contributed by atoms with Crippen LogP contribution in [0, 0.1) is 0 Å². The van der Waals surface area contributed by atoms with Gasteiger partial charge in [0.15, 0.2) is 0 Å². The zero-order chi connectivity index (χ0) is 7.82. The SMILES string of the molecule is CC[SiH2]CC[SiH](CC)CC. The lowest BCUT2D eigenvalue weighted by molar-refractivity contribution is 1.22. The van der Waals surface area contributed by atoms with E-state index in [2.05, 4.69) is 20.8 Å². The molecule has 0 aliphatic carbocycles. The normalized spacial score (nSPS) is 12.0. The fourth-order valence-corrected chi connectivity index (χ4v) is 6.74. The van der Waals surface area contributed by atoms with Crippen molar-refractivity contribution in [1.29, 1.82) is 0 Å². The molecule has 10 heavy (non-hydrogen) atoms. The van der Waals surface area contributed by atoms with Gasteiger partial charge < -0.3 is 0 Å². The molecule has 0 atom stereocenters. The van der Waals surface area contributed by atoms with Crippen molar-refractivity contribution >= 4 is 18.3 Å². The summed E-state index contributed by atoms with van der Waals surface area (Å²) in [5, 5.41) is 0. The molecule has 0 amide bonds. The smallest absolute Gasteiger partial charge is 0.0359 e. The molecule has 0 saturated heterocycles. The minimum atomic E-state index is -0.189. The summed E-state index contributed by atoms with van der Waals surface area (Å²) in [5.74, 6) is 0. The van der Waals surface area contributed by atoms with E-state index in [1.807, 2.05) is 0 Å². The molecule has 0 heterocycles. The average molecular weight is 174 g/mol. The van der Waals surface area contributed by atoms with Gasteiger partial charge in [0.05, 0.1) is 0 Å². The van der Waals surface area contributed by atoms with Crippen LogP contribution < -0.4 is 0 Å². The van der Waals surface area contributed by atoms with Crippen LogP contribution in [0.3, 0.4) is 0 Å². The summed E-state index contributed by atoms with van der Waals surface area (Å²) in [6.45, 7) is 7.11. The summed E-state index contributed by atoms with van der Waals surface area (Å²) < 4.78 is 0. The summed E-state index contributed by atoms with van der Waals surface area (Å²) in [6, 6.07) is 7.90. The van der Waals surface area contributed by atoms with Gasteiger partial charge in [0, 0.05) is 18.3 Å². The lowest BCUT2D eigenvalue weighted by Crippen LogP contribution is -2.08. The summed E-state index contributed by atoms with van der Waals surface area (Å²) in [4.78, 5) is 0. The Labute approximate surface area is 69.8 Å². The molecule has 0 aromatic rings. The highest BCUT2D eigenvalue weighted by Gasteiger charge is 2.03. The maximum atomic E-state index is 2.38. The minimum absolute atomic E-state index is 0.189. The molecule has 0 bridgehead atoms. The van der Waals surface area contributed by atoms with Gasteiger partial charge in [-0.1, -0.05) is 51.0 Å². The maximum Gasteiger partial charge on any atom is 0.0359 e. The van der Waals surface area contributed by atoms with Gasteiger partial charge in [-0.15, -0.1) is 0 Å². The van der Waals surface area contributed by atoms with Gasteiger partial charge in [0.1, 0.15) is 0 Å². The van der Waals surface area contributed by atoms with Gasteiger partial charge >= 0.3 is 0 Å². The molecule has 0 aromatic heterocycles. The van der Waals surface area contributed by atoms with Crippen LogP contribution >= 0.6 is 0 Å². The highest BCUT2D eigenvalue weighted by Crippen LogP contribution is 2.07. The fraction of sp³-hybridized carbons (Fsp3) is 1.00. The highest BCUT2D eigenvalue weighted by atomic mass is 28.3. The van der Waals surface area contributed by atoms with Crippen molar-refractivity contribution in [2.24, 2.45) is 0 Å². The van der Waals surface area contributed by atoms with Crippen LogP contribution in [-0.4, -0.2) is 18.3 Å². The van der Waals surface area contributed by atoms with E-state index < -0.39 is 0 Å². The van der Waals surface area contributed by atoms with Crippen molar-refractivity contribution in [3.05, 3.63) is 0 Å². The van der Waals surface area contributed by atoms with Gasteiger partial charge in [0.2, 0.25) is 0 Å². The van der Waals surface area contributed by atoms with Crippen LogP contribution in [0.5, 0.6) is 0 Å². The van der Waals surface area contributed by atoms with Crippen LogP contribution in [-0.2, 0) is 0 Å². The quantitative estimate of drug-likeness (QED) is 0.428. The Balaban J connectivity index is 3.09. The fourth-order valence-electron chi connectivity index (χ4n) is 1.38. The zero-order valence-corrected chi connectivity index (χ0v) is 10.4. The molecule has 0 nitrogen and oxygen atoms in total. The topological polar surface area (TPSA) is 0 Å². The van der Waals surface area contributed by atoms with Gasteiger partial charge in [0.25, 0.3) is 0 Å². The standard InChI is InChI=1S/C8H22Si2/c1-4-9-7-8-10(5-2)6-3/h10H,4-9H2,1-3H3. The molecule has 0 aliphatic heterocycles. The van der Waals surface area contributed by atoms with Crippen molar-refractivity contribution in [3.8, 4) is 0 Å². The lowest BCUT2D eigenvalue weighted by atomic mass is 10.9. The molecule has 2 heteroatoms. The third kappa shape index (κ3) is 5.24. The molecule has 62 valence electrons. The maximum absolute atomic E-state index is 2.38. The van der Waals surface area contributed by atoms with Gasteiger partial charge in [-0.25, -0.2) is 0 Å². The first-order valence-electron chi connectivity index (χ1n) is 4.85. The average Bonchev–Trinajstić information content (AvgIpc) is 1.99. The number of rotatable bonds is 6. The first kappa shape index (κ1) is 10.4. The number of hydrogen-bond donors (Lipinski definition) is 0. The van der Waals surface area contributed by atoms with E-state index in [-0.39, 0.29) is 8.80 Å². The van der Waals surface area contributed by atoms with E-state index in [1.165, 1.54) is 18.1 Å². The minimum Gasteiger partial charge on any atom is -0.0683 e. The Hall–Kier alpha value is 0.434. The Morgan fingerprint density at radius 2 is 1.70 bits per heavy atom. The molecule has 0 aliphatic rings. The lowest BCUT2D eigenvalue weighted by Gasteiger charge is -2.08. The summed E-state index contributed by atoms with van der Waals surface area (Å²) in [6.07, 6.45) is 0. The largest absolute Gasteiger partial charge is 0.0683 e. The molecule has 0 fully saturated rings. The molecular formula is C8H22Si2. The van der Waals surface area contributed by atoms with Crippen LogP contribution in [0.15, 0.2) is 0 Å². The van der Waals surface area contributed by atoms with Gasteiger partial charge in [-0.05, 0) is 0 Å². The van der Waals surface area contributed by atoms with Crippen molar-refractivity contribution in [3.63, 3.8) is 0 Å². The molecule has 0 rings (SSSR count). The van der Waals surface area contributed by atoms with Crippen LogP contribution in [0.25, 0.3) is 0 Å². The van der Waals surface area contributed by atoms with Crippen molar-refractivity contribution in [1.82, 2.24) is 0 Å². The molecule has 0 aromatic carbocycles. The first-order valence-corrected chi connectivity index (χ1v) is 9.30. The molecule has 0 unspecified atom stereocenters. The molecular weight excluding hydrogens is 152 g/mol. The Morgan fingerprint density at radius 3 is 2.10 bits per heavy atom. The van der Waals surface area contributed by atoms with Crippen LogP contribution in [0.4, 0.5) is 0 Å². The second kappa shape index (κ2) is 7.54. The van der Waals surface area contributed by atoms with Crippen molar-refractivity contribution < 1.29 is 0 Å². The predicted octanol–water partition coefficient (Wildman–Crippen LogP) is 2.28. The monoisotopic (exact) mass is 174 g/mol. The first-order chi connectivity index (χ1) is 4.85. The van der Waals surface area contributed by atoms with Gasteiger partial charge in [-0.3, -0.25) is 0 Å². The second-order valence-electron chi connectivity index (χ2n) is 3.18. The van der Waals surface area contributed by atoms with E-state index in [0.29, 0.717) is 9.52 Å². The summed E-state index contributed by atoms with van der Waals surface area (Å²) >= 11 is 0. The van der Waals surface area contributed by atoms with Crippen molar-refractivity contribution in [2.45, 2.75) is 51.0 Å². The second-order valence-corrected chi connectivity index (χ2v) is 9.53. The van der Waals surface area contributed by atoms with E-state index in [4.69, 9.17) is 0 Å². The third-order valence-corrected chi connectivity index (χ3v) is 8.34. The Morgan fingerprint density at radius 1 is 1.10 bits per heavy atom. The molecule has 0 saturated carbocycles. The van der Waals surface area contributed by atoms with E-state index in [1.54, 1.807) is 12.1 Å². The zero-order valence-electron chi connectivity index (χ0n) is 7.82. The third-order valence-electron chi connectivity index (χ3n) is 2.37. The van der Waals surface area contributed by atoms with E-state index in [0.717, 1.165) is 0 Å². The summed E-state index contributed by atoms with van der Waals surface area (Å²) in [5.41, 5.74) is 0. The van der Waals surface area contributed by atoms with E-state index in [9.17, 15) is 0 Å². The van der Waals surface area contributed by atoms with E-state index >= 15 is 0 Å². The van der Waals surface area contributed by atoms with Crippen LogP contribution in [0.2, 0.25) is 30.2 Å². The van der Waals surface area contributed by atoms with Crippen molar-refractivity contribution in [2.75, 3.05) is 0 Å². The highest BCUT2D eigenvalue weighted by molar-refractivity contribution is 6.59. The van der Waals surface area contributed by atoms with Gasteiger partial charge in [-0.2, -0.15) is 0 Å². The molecule has 0 radical (unpaired) electrons. The Bertz CT molecular complexity index is 60.3. The molecule has 0 spiro atoms. The molecule has 0 N–H and O–H groups in total.